The molecule has 0 spiro atoms. The molecule has 8 heteroatoms. The van der Waals surface area contributed by atoms with E-state index < -0.39 is 30.9 Å². The van der Waals surface area contributed by atoms with Crippen molar-refractivity contribution in [2.45, 2.75) is 70.8 Å². The van der Waals surface area contributed by atoms with E-state index in [0.29, 0.717) is 11.8 Å². The van der Waals surface area contributed by atoms with Crippen LogP contribution in [0.15, 0.2) is 0 Å². The third-order valence-corrected chi connectivity index (χ3v) is 4.35. The Morgan fingerprint density at radius 2 is 1.71 bits per heavy atom. The van der Waals surface area contributed by atoms with Gasteiger partial charge in [0.05, 0.1) is 0 Å². The van der Waals surface area contributed by atoms with Gasteiger partial charge in [-0.3, -0.25) is 9.59 Å². The van der Waals surface area contributed by atoms with Gasteiger partial charge in [-0.15, -0.1) is 0 Å². The highest BCUT2D eigenvalue weighted by Gasteiger charge is 2.42. The van der Waals surface area contributed by atoms with Gasteiger partial charge in [-0.25, -0.2) is 8.78 Å². The number of alkyl halides is 4. The zero-order valence-corrected chi connectivity index (χ0v) is 13.9. The highest BCUT2D eigenvalue weighted by molar-refractivity contribution is 5.72. The van der Waals surface area contributed by atoms with Crippen molar-refractivity contribution in [1.29, 1.82) is 0 Å². The molecule has 0 aromatic rings. The van der Waals surface area contributed by atoms with Crippen molar-refractivity contribution < 1.29 is 36.6 Å². The molecule has 0 bridgehead atoms. The van der Waals surface area contributed by atoms with Crippen LogP contribution in [0.1, 0.15) is 52.4 Å². The Morgan fingerprint density at radius 1 is 1.08 bits per heavy atom. The standard InChI is InChI=1S/C16H24F4O4/c1-10-6-7-12(8-11(10)2)24-14(22)5-3-4-13(21)23-9-16(19,20)15(17)18/h10-12,15H,3-9H2,1-2H3. The Morgan fingerprint density at radius 3 is 2.29 bits per heavy atom. The lowest BCUT2D eigenvalue weighted by molar-refractivity contribution is -0.179. The van der Waals surface area contributed by atoms with Gasteiger partial charge in [0.15, 0.2) is 6.61 Å². The smallest absolute Gasteiger partial charge is 0.340 e. The highest BCUT2D eigenvalue weighted by Crippen LogP contribution is 2.31. The minimum absolute atomic E-state index is 0.0409. The molecule has 0 radical (unpaired) electrons. The van der Waals surface area contributed by atoms with Gasteiger partial charge in [-0.1, -0.05) is 13.8 Å². The number of hydrogen-bond donors (Lipinski definition) is 0. The molecule has 0 amide bonds. The monoisotopic (exact) mass is 356 g/mol. The van der Waals surface area contributed by atoms with E-state index in [1.807, 2.05) is 0 Å². The Hall–Kier alpha value is -1.34. The molecule has 0 aromatic carbocycles. The van der Waals surface area contributed by atoms with Crippen molar-refractivity contribution >= 4 is 11.9 Å². The molecule has 1 saturated carbocycles. The molecule has 0 aromatic heterocycles. The van der Waals surface area contributed by atoms with Gasteiger partial charge in [-0.05, 0) is 37.5 Å². The van der Waals surface area contributed by atoms with Crippen LogP contribution < -0.4 is 0 Å². The summed E-state index contributed by atoms with van der Waals surface area (Å²) in [6.45, 7) is 2.60. The largest absolute Gasteiger partial charge is 0.462 e. The van der Waals surface area contributed by atoms with Crippen molar-refractivity contribution in [2.24, 2.45) is 11.8 Å². The fourth-order valence-corrected chi connectivity index (χ4v) is 2.54. The van der Waals surface area contributed by atoms with Gasteiger partial charge >= 0.3 is 24.3 Å². The first kappa shape index (κ1) is 20.7. The van der Waals surface area contributed by atoms with E-state index >= 15 is 0 Å². The molecule has 4 nitrogen and oxygen atoms in total. The first-order chi connectivity index (χ1) is 11.1. The number of hydrogen-bond acceptors (Lipinski definition) is 4. The lowest BCUT2D eigenvalue weighted by Crippen LogP contribution is -2.33. The molecule has 3 atom stereocenters. The second-order valence-electron chi connectivity index (χ2n) is 6.46. The molecule has 3 unspecified atom stereocenters. The molecular weight excluding hydrogens is 332 g/mol. The molecule has 1 aliphatic carbocycles. The van der Waals surface area contributed by atoms with Gasteiger partial charge in [0.25, 0.3) is 0 Å². The van der Waals surface area contributed by atoms with Gasteiger partial charge in [0.2, 0.25) is 0 Å². The van der Waals surface area contributed by atoms with Crippen molar-refractivity contribution in [1.82, 2.24) is 0 Å². The van der Waals surface area contributed by atoms with Crippen LogP contribution in [-0.2, 0) is 19.1 Å². The number of rotatable bonds is 8. The summed E-state index contributed by atoms with van der Waals surface area (Å²) in [7, 11) is 0. The van der Waals surface area contributed by atoms with Crippen LogP contribution in [0.25, 0.3) is 0 Å². The molecule has 24 heavy (non-hydrogen) atoms. The molecule has 0 aliphatic heterocycles. The normalized spacial score (nSPS) is 24.7. The lowest BCUT2D eigenvalue weighted by Gasteiger charge is -2.31. The molecule has 1 rings (SSSR count). The van der Waals surface area contributed by atoms with Crippen molar-refractivity contribution in [3.8, 4) is 0 Å². The van der Waals surface area contributed by atoms with E-state index in [1.165, 1.54) is 0 Å². The average Bonchev–Trinajstić information content (AvgIpc) is 2.49. The summed E-state index contributed by atoms with van der Waals surface area (Å²) < 4.78 is 58.4. The fraction of sp³-hybridized carbons (Fsp3) is 0.875. The zero-order valence-electron chi connectivity index (χ0n) is 13.9. The summed E-state index contributed by atoms with van der Waals surface area (Å²) in [4.78, 5) is 22.9. The van der Waals surface area contributed by atoms with Crippen LogP contribution in [0, 0.1) is 11.8 Å². The SMILES string of the molecule is CC1CCC(OC(=O)CCCC(=O)OCC(F)(F)C(F)F)CC1C. The Kier molecular flexibility index (Phi) is 7.96. The highest BCUT2D eigenvalue weighted by atomic mass is 19.3. The molecule has 140 valence electrons. The van der Waals surface area contributed by atoms with E-state index in [9.17, 15) is 27.2 Å². The third kappa shape index (κ3) is 7.05. The van der Waals surface area contributed by atoms with E-state index in [2.05, 4.69) is 18.6 Å². The second kappa shape index (κ2) is 9.22. The van der Waals surface area contributed by atoms with Crippen LogP contribution in [0.5, 0.6) is 0 Å². The van der Waals surface area contributed by atoms with Crippen molar-refractivity contribution in [2.75, 3.05) is 6.61 Å². The van der Waals surface area contributed by atoms with E-state index in [-0.39, 0.29) is 25.4 Å². The zero-order chi connectivity index (χ0) is 18.3. The van der Waals surface area contributed by atoms with Crippen molar-refractivity contribution in [3.63, 3.8) is 0 Å². The van der Waals surface area contributed by atoms with Crippen LogP contribution in [0.4, 0.5) is 17.6 Å². The maximum absolute atomic E-state index is 12.6. The van der Waals surface area contributed by atoms with Gasteiger partial charge in [-0.2, -0.15) is 8.78 Å². The number of carbonyl (C=O) groups is 2. The minimum atomic E-state index is -4.36. The van der Waals surface area contributed by atoms with E-state index in [0.717, 1.165) is 19.3 Å². The number of esters is 2. The lowest BCUT2D eigenvalue weighted by atomic mass is 9.80. The molecule has 0 heterocycles. The Balaban J connectivity index is 2.18. The van der Waals surface area contributed by atoms with Crippen LogP contribution in [-0.4, -0.2) is 37.0 Å². The maximum atomic E-state index is 12.6. The summed E-state index contributed by atoms with van der Waals surface area (Å²) in [6.07, 6.45) is -1.69. The molecule has 1 fully saturated rings. The topological polar surface area (TPSA) is 52.6 Å². The number of halogens is 4. The summed E-state index contributed by atoms with van der Waals surface area (Å²) in [5.41, 5.74) is 0. The molecular formula is C16H24F4O4. The summed E-state index contributed by atoms with van der Waals surface area (Å²) in [6, 6.07) is 0. The third-order valence-electron chi connectivity index (χ3n) is 4.35. The van der Waals surface area contributed by atoms with Gasteiger partial charge in [0, 0.05) is 12.8 Å². The first-order valence-electron chi connectivity index (χ1n) is 8.13. The summed E-state index contributed by atoms with van der Waals surface area (Å²) in [5.74, 6) is -4.77. The first-order valence-corrected chi connectivity index (χ1v) is 8.13. The van der Waals surface area contributed by atoms with E-state index in [1.54, 1.807) is 0 Å². The summed E-state index contributed by atoms with van der Waals surface area (Å²) >= 11 is 0. The van der Waals surface area contributed by atoms with Crippen LogP contribution >= 0.6 is 0 Å². The Bertz CT molecular complexity index is 428. The average molecular weight is 356 g/mol. The number of carbonyl (C=O) groups excluding carboxylic acids is 2. The van der Waals surface area contributed by atoms with Crippen molar-refractivity contribution in [3.05, 3.63) is 0 Å². The van der Waals surface area contributed by atoms with Gasteiger partial charge in [0.1, 0.15) is 6.10 Å². The quantitative estimate of drug-likeness (QED) is 0.488. The maximum Gasteiger partial charge on any atom is 0.340 e. The number of ether oxygens (including phenoxy) is 2. The predicted octanol–water partition coefficient (Wildman–Crippen LogP) is 3.97. The summed E-state index contributed by atoms with van der Waals surface area (Å²) in [5, 5.41) is 0. The Labute approximate surface area is 138 Å². The van der Waals surface area contributed by atoms with Crippen LogP contribution in [0.3, 0.4) is 0 Å². The van der Waals surface area contributed by atoms with Gasteiger partial charge < -0.3 is 9.47 Å². The molecule has 0 N–H and O–H groups in total. The molecule has 0 saturated heterocycles. The van der Waals surface area contributed by atoms with Crippen LogP contribution in [0.2, 0.25) is 0 Å². The minimum Gasteiger partial charge on any atom is -0.462 e. The second-order valence-corrected chi connectivity index (χ2v) is 6.46. The molecule has 1 aliphatic rings. The predicted molar refractivity (Wildman–Crippen MR) is 77.8 cm³/mol. The fourth-order valence-electron chi connectivity index (χ4n) is 2.54. The van der Waals surface area contributed by atoms with E-state index in [4.69, 9.17) is 4.74 Å².